The molecule has 2 atom stereocenters. The number of likely N-dealkylation sites (tertiary alicyclic amines) is 1. The molecule has 0 N–H and O–H groups in total. The van der Waals surface area contributed by atoms with E-state index in [0.717, 1.165) is 6.42 Å². The normalized spacial score (nSPS) is 29.6. The molecular weight excluding hydrogens is 201 g/mol. The van der Waals surface area contributed by atoms with Crippen molar-refractivity contribution in [2.24, 2.45) is 0 Å². The average molecular weight is 219 g/mol. The smallest absolute Gasteiger partial charge is 0.123 e. The van der Waals surface area contributed by atoms with Crippen molar-refractivity contribution in [3.8, 4) is 0 Å². The van der Waals surface area contributed by atoms with E-state index >= 15 is 0 Å². The van der Waals surface area contributed by atoms with E-state index in [1.165, 1.54) is 37.1 Å². The van der Waals surface area contributed by atoms with Gasteiger partial charge in [0.05, 0.1) is 0 Å². The molecule has 0 saturated carbocycles. The van der Waals surface area contributed by atoms with Crippen LogP contribution < -0.4 is 0 Å². The third kappa shape index (κ3) is 1.56. The third-order valence-corrected chi connectivity index (χ3v) is 4.21. The Hall–Kier alpha value is -0.890. The monoisotopic (exact) mass is 219 g/mol. The van der Waals surface area contributed by atoms with Crippen LogP contribution in [0.2, 0.25) is 0 Å². The fraction of sp³-hybridized carbons (Fsp3) is 0.571. The van der Waals surface area contributed by atoms with E-state index in [0.29, 0.717) is 12.0 Å². The fourth-order valence-corrected chi connectivity index (χ4v) is 3.30. The molecule has 1 fully saturated rings. The van der Waals surface area contributed by atoms with Crippen LogP contribution in [-0.4, -0.2) is 24.0 Å². The molecule has 0 spiro atoms. The summed E-state index contributed by atoms with van der Waals surface area (Å²) < 4.78 is 13.2. The van der Waals surface area contributed by atoms with Crippen molar-refractivity contribution in [3.05, 3.63) is 35.1 Å². The summed E-state index contributed by atoms with van der Waals surface area (Å²) in [5, 5.41) is 0. The Balaban J connectivity index is 1.88. The molecule has 1 aromatic carbocycles. The molecule has 0 radical (unpaired) electrons. The Bertz CT molecular complexity index is 396. The lowest BCUT2D eigenvalue weighted by molar-refractivity contribution is 0.227. The Kier molecular flexibility index (Phi) is 2.47. The number of nitrogens with zero attached hydrogens (tertiary/aromatic N) is 1. The van der Waals surface area contributed by atoms with Gasteiger partial charge in [-0.3, -0.25) is 4.90 Å². The number of hydrogen-bond acceptors (Lipinski definition) is 1. The van der Waals surface area contributed by atoms with Crippen LogP contribution in [0, 0.1) is 5.82 Å². The Morgan fingerprint density at radius 2 is 2.00 bits per heavy atom. The first kappa shape index (κ1) is 10.3. The van der Waals surface area contributed by atoms with E-state index in [1.807, 2.05) is 6.07 Å². The minimum atomic E-state index is -0.0901. The highest BCUT2D eigenvalue weighted by molar-refractivity contribution is 5.37. The maximum Gasteiger partial charge on any atom is 0.123 e. The van der Waals surface area contributed by atoms with Crippen LogP contribution in [0.4, 0.5) is 4.39 Å². The van der Waals surface area contributed by atoms with Gasteiger partial charge in [0, 0.05) is 6.04 Å². The lowest BCUT2D eigenvalue weighted by atomic mass is 10.00. The van der Waals surface area contributed by atoms with E-state index in [-0.39, 0.29) is 5.82 Å². The second-order valence-corrected chi connectivity index (χ2v) is 5.15. The molecule has 1 nitrogen and oxygen atoms in total. The topological polar surface area (TPSA) is 3.24 Å². The van der Waals surface area contributed by atoms with Crippen LogP contribution in [0.1, 0.15) is 36.8 Å². The molecule has 1 aromatic rings. The molecule has 1 saturated heterocycles. The second kappa shape index (κ2) is 3.85. The molecule has 0 bridgehead atoms. The summed E-state index contributed by atoms with van der Waals surface area (Å²) in [5.41, 5.74) is 2.59. The Morgan fingerprint density at radius 3 is 2.75 bits per heavy atom. The first-order valence-electron chi connectivity index (χ1n) is 6.28. The second-order valence-electron chi connectivity index (χ2n) is 5.15. The Morgan fingerprint density at radius 1 is 1.25 bits per heavy atom. The van der Waals surface area contributed by atoms with Crippen molar-refractivity contribution >= 4 is 0 Å². The Labute approximate surface area is 96.3 Å². The van der Waals surface area contributed by atoms with Crippen LogP contribution in [0.3, 0.4) is 0 Å². The summed E-state index contributed by atoms with van der Waals surface area (Å²) in [5.74, 6) is 0.400. The summed E-state index contributed by atoms with van der Waals surface area (Å²) in [6.07, 6.45) is 3.76. The van der Waals surface area contributed by atoms with E-state index < -0.39 is 0 Å². The molecule has 0 amide bonds. The van der Waals surface area contributed by atoms with E-state index in [4.69, 9.17) is 0 Å². The minimum absolute atomic E-state index is 0.0901. The van der Waals surface area contributed by atoms with Crippen molar-refractivity contribution in [1.29, 1.82) is 0 Å². The van der Waals surface area contributed by atoms with Gasteiger partial charge in [0.15, 0.2) is 0 Å². The molecule has 2 heteroatoms. The minimum Gasteiger partial charge on any atom is -0.299 e. The fourth-order valence-electron chi connectivity index (χ4n) is 3.30. The van der Waals surface area contributed by atoms with Crippen molar-refractivity contribution in [3.63, 3.8) is 0 Å². The predicted octanol–water partition coefficient (Wildman–Crippen LogP) is 2.95. The van der Waals surface area contributed by atoms with Gasteiger partial charge in [0.25, 0.3) is 0 Å². The number of rotatable bonds is 1. The quantitative estimate of drug-likeness (QED) is 0.702. The van der Waals surface area contributed by atoms with Crippen LogP contribution in [-0.2, 0) is 6.42 Å². The molecule has 1 aliphatic heterocycles. The summed E-state index contributed by atoms with van der Waals surface area (Å²) in [6.45, 7) is 4.70. The van der Waals surface area contributed by atoms with Crippen molar-refractivity contribution in [2.45, 2.75) is 38.1 Å². The molecule has 2 aliphatic rings. The maximum atomic E-state index is 13.2. The number of hydrogen-bond donors (Lipinski definition) is 0. The van der Waals surface area contributed by atoms with Crippen LogP contribution in [0.15, 0.2) is 18.2 Å². The molecule has 1 aliphatic carbocycles. The van der Waals surface area contributed by atoms with Gasteiger partial charge in [-0.25, -0.2) is 4.39 Å². The highest BCUT2D eigenvalue weighted by atomic mass is 19.1. The van der Waals surface area contributed by atoms with Crippen LogP contribution in [0.5, 0.6) is 0 Å². The molecule has 3 rings (SSSR count). The standard InChI is InChI=1S/C14H18FN/c1-10-13-9-12(15)5-4-11(13)8-14(10)16-6-2-3-7-16/h4-5,9-10,14H,2-3,6-8H2,1H3/t10-,14-/m0/s1. The lowest BCUT2D eigenvalue weighted by Gasteiger charge is -2.27. The first-order chi connectivity index (χ1) is 7.75. The van der Waals surface area contributed by atoms with Gasteiger partial charge in [-0.2, -0.15) is 0 Å². The van der Waals surface area contributed by atoms with Gasteiger partial charge in [0.2, 0.25) is 0 Å². The number of fused-ring (bicyclic) bond motifs is 1. The van der Waals surface area contributed by atoms with E-state index in [1.54, 1.807) is 12.1 Å². The zero-order valence-electron chi connectivity index (χ0n) is 9.75. The van der Waals surface area contributed by atoms with Gasteiger partial charge in [-0.1, -0.05) is 13.0 Å². The zero-order chi connectivity index (χ0) is 11.1. The lowest BCUT2D eigenvalue weighted by Crippen LogP contribution is -2.35. The summed E-state index contributed by atoms with van der Waals surface area (Å²) in [7, 11) is 0. The highest BCUT2D eigenvalue weighted by Gasteiger charge is 2.34. The van der Waals surface area contributed by atoms with Gasteiger partial charge < -0.3 is 0 Å². The van der Waals surface area contributed by atoms with E-state index in [2.05, 4.69) is 11.8 Å². The summed E-state index contributed by atoms with van der Waals surface area (Å²) in [4.78, 5) is 2.59. The van der Waals surface area contributed by atoms with E-state index in [9.17, 15) is 4.39 Å². The molecular formula is C14H18FN. The molecule has 0 unspecified atom stereocenters. The summed E-state index contributed by atoms with van der Waals surface area (Å²) in [6, 6.07) is 5.91. The van der Waals surface area contributed by atoms with Crippen molar-refractivity contribution < 1.29 is 4.39 Å². The number of benzene rings is 1. The maximum absolute atomic E-state index is 13.2. The van der Waals surface area contributed by atoms with Crippen LogP contribution in [0.25, 0.3) is 0 Å². The van der Waals surface area contributed by atoms with Gasteiger partial charge in [0.1, 0.15) is 5.82 Å². The molecule has 86 valence electrons. The zero-order valence-corrected chi connectivity index (χ0v) is 9.75. The molecule has 0 aromatic heterocycles. The SMILES string of the molecule is C[C@H]1c2cc(F)ccc2C[C@@H]1N1CCCC1. The predicted molar refractivity (Wildman–Crippen MR) is 63.1 cm³/mol. The first-order valence-corrected chi connectivity index (χ1v) is 6.28. The third-order valence-electron chi connectivity index (χ3n) is 4.21. The van der Waals surface area contributed by atoms with Gasteiger partial charge in [-0.05, 0) is 61.5 Å². The molecule has 16 heavy (non-hydrogen) atoms. The van der Waals surface area contributed by atoms with Crippen LogP contribution >= 0.6 is 0 Å². The number of halogens is 1. The average Bonchev–Trinajstić information content (AvgIpc) is 2.87. The van der Waals surface area contributed by atoms with Crippen molar-refractivity contribution in [2.75, 3.05) is 13.1 Å². The van der Waals surface area contributed by atoms with Gasteiger partial charge in [-0.15, -0.1) is 0 Å². The van der Waals surface area contributed by atoms with Gasteiger partial charge >= 0.3 is 0 Å². The largest absolute Gasteiger partial charge is 0.299 e. The summed E-state index contributed by atoms with van der Waals surface area (Å²) >= 11 is 0. The highest BCUT2D eigenvalue weighted by Crippen LogP contribution is 2.37. The molecule has 1 heterocycles. The van der Waals surface area contributed by atoms with Crippen molar-refractivity contribution in [1.82, 2.24) is 4.90 Å².